The lowest BCUT2D eigenvalue weighted by Gasteiger charge is -2.31. The largest absolute Gasteiger partial charge is 0.444 e. The molecule has 5 nitrogen and oxygen atoms in total. The van der Waals surface area contributed by atoms with Crippen molar-refractivity contribution in [3.8, 4) is 0 Å². The number of carbonyl (C=O) groups excluding carboxylic acids is 1. The van der Waals surface area contributed by atoms with Crippen LogP contribution in [0.5, 0.6) is 0 Å². The topological polar surface area (TPSA) is 57.4 Å². The quantitative estimate of drug-likeness (QED) is 0.827. The van der Waals surface area contributed by atoms with Crippen LogP contribution in [0.4, 0.5) is 13.6 Å². The number of alkyl halides is 2. The standard InChI is InChI=1S/C20H27F2N3O2/c1-19(2,3)27-18(26)23-12-14-4-5-15-11-16(24-17(15)10-14)13-25-8-6-20(21,22)7-9-25/h4-5,10-11,24H,6-9,12-13H2,1-3H3,(H,23,26). The van der Waals surface area contributed by atoms with Crippen LogP contribution >= 0.6 is 0 Å². The number of H-pyrrole nitrogens is 1. The van der Waals surface area contributed by atoms with Gasteiger partial charge in [0.15, 0.2) is 0 Å². The number of amides is 1. The lowest BCUT2D eigenvalue weighted by atomic mass is 10.1. The summed E-state index contributed by atoms with van der Waals surface area (Å²) in [5.74, 6) is -2.52. The zero-order valence-corrected chi connectivity index (χ0v) is 16.1. The van der Waals surface area contributed by atoms with Gasteiger partial charge in [-0.05, 0) is 43.9 Å². The second-order valence-corrected chi connectivity index (χ2v) is 8.20. The minimum atomic E-state index is -2.52. The second kappa shape index (κ2) is 7.46. The molecule has 1 aliphatic heterocycles. The summed E-state index contributed by atoms with van der Waals surface area (Å²) in [5, 5.41) is 3.81. The van der Waals surface area contributed by atoms with Gasteiger partial charge in [-0.15, -0.1) is 0 Å². The maximum Gasteiger partial charge on any atom is 0.407 e. The molecule has 148 valence electrons. The Labute approximate surface area is 158 Å². The molecule has 0 aliphatic carbocycles. The van der Waals surface area contributed by atoms with Gasteiger partial charge in [0.2, 0.25) is 0 Å². The highest BCUT2D eigenvalue weighted by Crippen LogP contribution is 2.28. The smallest absolute Gasteiger partial charge is 0.407 e. The van der Waals surface area contributed by atoms with Gasteiger partial charge in [0.25, 0.3) is 5.92 Å². The molecule has 0 bridgehead atoms. The number of rotatable bonds is 4. The van der Waals surface area contributed by atoms with E-state index in [0.29, 0.717) is 26.2 Å². The molecular weight excluding hydrogens is 352 g/mol. The predicted octanol–water partition coefficient (Wildman–Crippen LogP) is 4.42. The number of nitrogens with one attached hydrogen (secondary N) is 2. The van der Waals surface area contributed by atoms with Gasteiger partial charge >= 0.3 is 6.09 Å². The third-order valence-electron chi connectivity index (χ3n) is 4.56. The van der Waals surface area contributed by atoms with E-state index in [2.05, 4.69) is 10.3 Å². The Kier molecular flexibility index (Phi) is 5.42. The van der Waals surface area contributed by atoms with Crippen molar-refractivity contribution < 1.29 is 18.3 Å². The number of aromatic amines is 1. The Morgan fingerprint density at radius 1 is 1.26 bits per heavy atom. The molecule has 0 atom stereocenters. The van der Waals surface area contributed by atoms with Crippen molar-refractivity contribution in [2.75, 3.05) is 13.1 Å². The van der Waals surface area contributed by atoms with Crippen molar-refractivity contribution in [3.05, 3.63) is 35.5 Å². The first kappa shape index (κ1) is 19.6. The maximum atomic E-state index is 13.3. The molecule has 0 saturated carbocycles. The average Bonchev–Trinajstić information content (AvgIpc) is 2.95. The van der Waals surface area contributed by atoms with Crippen LogP contribution in [-0.2, 0) is 17.8 Å². The molecule has 0 radical (unpaired) electrons. The van der Waals surface area contributed by atoms with Gasteiger partial charge in [0.1, 0.15) is 5.60 Å². The average molecular weight is 379 g/mol. The number of likely N-dealkylation sites (tertiary alicyclic amines) is 1. The van der Waals surface area contributed by atoms with Gasteiger partial charge in [0.05, 0.1) is 0 Å². The third-order valence-corrected chi connectivity index (χ3v) is 4.56. The highest BCUT2D eigenvalue weighted by Gasteiger charge is 2.33. The van der Waals surface area contributed by atoms with Gasteiger partial charge in [-0.2, -0.15) is 0 Å². The van der Waals surface area contributed by atoms with Gasteiger partial charge in [-0.1, -0.05) is 12.1 Å². The fourth-order valence-corrected chi connectivity index (χ4v) is 3.20. The number of fused-ring (bicyclic) bond motifs is 1. The van der Waals surface area contributed by atoms with Gasteiger partial charge in [0, 0.05) is 50.2 Å². The first-order valence-corrected chi connectivity index (χ1v) is 9.27. The van der Waals surface area contributed by atoms with Crippen LogP contribution in [0.2, 0.25) is 0 Å². The van der Waals surface area contributed by atoms with Gasteiger partial charge in [-0.3, -0.25) is 4.90 Å². The molecule has 1 saturated heterocycles. The Morgan fingerprint density at radius 3 is 2.63 bits per heavy atom. The molecule has 7 heteroatoms. The molecule has 1 aromatic carbocycles. The molecular formula is C20H27F2N3O2. The van der Waals surface area contributed by atoms with E-state index in [4.69, 9.17) is 4.74 Å². The zero-order valence-electron chi connectivity index (χ0n) is 16.1. The molecule has 2 heterocycles. The summed E-state index contributed by atoms with van der Waals surface area (Å²) in [6.45, 7) is 7.30. The first-order valence-electron chi connectivity index (χ1n) is 9.27. The van der Waals surface area contributed by atoms with Gasteiger partial charge < -0.3 is 15.0 Å². The molecule has 0 spiro atoms. The summed E-state index contributed by atoms with van der Waals surface area (Å²) < 4.78 is 31.8. The molecule has 2 aromatic rings. The summed E-state index contributed by atoms with van der Waals surface area (Å²) in [4.78, 5) is 17.2. The Hall–Kier alpha value is -2.15. The van der Waals surface area contributed by atoms with E-state index < -0.39 is 17.6 Å². The molecule has 1 aromatic heterocycles. The highest BCUT2D eigenvalue weighted by molar-refractivity contribution is 5.81. The SMILES string of the molecule is CC(C)(C)OC(=O)NCc1ccc2cc(CN3CCC(F)(F)CC3)[nH]c2c1. The minimum absolute atomic E-state index is 0.0757. The lowest BCUT2D eigenvalue weighted by molar-refractivity contribution is -0.0568. The number of benzene rings is 1. The van der Waals surface area contributed by atoms with Crippen LogP contribution in [-0.4, -0.2) is 40.6 Å². The highest BCUT2D eigenvalue weighted by atomic mass is 19.3. The van der Waals surface area contributed by atoms with E-state index in [1.54, 1.807) is 0 Å². The van der Waals surface area contributed by atoms with Crippen LogP contribution in [0.3, 0.4) is 0 Å². The van der Waals surface area contributed by atoms with Crippen LogP contribution < -0.4 is 5.32 Å². The van der Waals surface area contributed by atoms with Gasteiger partial charge in [-0.25, -0.2) is 13.6 Å². The predicted molar refractivity (Wildman–Crippen MR) is 101 cm³/mol. The molecule has 1 aliphatic rings. The van der Waals surface area contributed by atoms with E-state index >= 15 is 0 Å². The van der Waals surface area contributed by atoms with Crippen molar-refractivity contribution in [1.82, 2.24) is 15.2 Å². The summed E-state index contributed by atoms with van der Waals surface area (Å²) in [6, 6.07) is 7.98. The van der Waals surface area contributed by atoms with E-state index in [0.717, 1.165) is 22.2 Å². The number of halogens is 2. The van der Waals surface area contributed by atoms with Crippen molar-refractivity contribution >= 4 is 17.0 Å². The van der Waals surface area contributed by atoms with E-state index in [1.165, 1.54) is 0 Å². The summed E-state index contributed by atoms with van der Waals surface area (Å²) >= 11 is 0. The lowest BCUT2D eigenvalue weighted by Crippen LogP contribution is -2.38. The van der Waals surface area contributed by atoms with Crippen LogP contribution in [0, 0.1) is 0 Å². The van der Waals surface area contributed by atoms with Crippen molar-refractivity contribution in [3.63, 3.8) is 0 Å². The third kappa shape index (κ3) is 5.66. The number of nitrogens with zero attached hydrogens (tertiary/aromatic N) is 1. The Morgan fingerprint density at radius 2 is 1.96 bits per heavy atom. The molecule has 27 heavy (non-hydrogen) atoms. The van der Waals surface area contributed by atoms with E-state index in [1.807, 2.05) is 49.9 Å². The fraction of sp³-hybridized carbons (Fsp3) is 0.550. The number of piperidine rings is 1. The number of hydrogen-bond acceptors (Lipinski definition) is 3. The first-order chi connectivity index (χ1) is 12.6. The van der Waals surface area contributed by atoms with Crippen molar-refractivity contribution in [1.29, 1.82) is 0 Å². The Balaban J connectivity index is 1.59. The Bertz CT molecular complexity index is 801. The van der Waals surface area contributed by atoms with Crippen LogP contribution in [0.1, 0.15) is 44.9 Å². The summed E-state index contributed by atoms with van der Waals surface area (Å²) in [6.07, 6.45) is -0.599. The monoisotopic (exact) mass is 379 g/mol. The second-order valence-electron chi connectivity index (χ2n) is 8.20. The molecule has 0 unspecified atom stereocenters. The number of alkyl carbamates (subject to hydrolysis) is 1. The molecule has 1 amide bonds. The number of hydrogen-bond donors (Lipinski definition) is 2. The molecule has 3 rings (SSSR count). The summed E-state index contributed by atoms with van der Waals surface area (Å²) in [7, 11) is 0. The number of carbonyl (C=O) groups is 1. The molecule has 2 N–H and O–H groups in total. The summed E-state index contributed by atoms with van der Waals surface area (Å²) in [5.41, 5.74) is 2.41. The van der Waals surface area contributed by atoms with Crippen LogP contribution in [0.15, 0.2) is 24.3 Å². The van der Waals surface area contributed by atoms with E-state index in [9.17, 15) is 13.6 Å². The van der Waals surface area contributed by atoms with Crippen molar-refractivity contribution in [2.45, 2.75) is 58.2 Å². The normalized spacial score (nSPS) is 17.8. The number of ether oxygens (including phenoxy) is 1. The molecule has 1 fully saturated rings. The maximum absolute atomic E-state index is 13.3. The fourth-order valence-electron chi connectivity index (χ4n) is 3.20. The minimum Gasteiger partial charge on any atom is -0.444 e. The number of aromatic nitrogens is 1. The van der Waals surface area contributed by atoms with Crippen molar-refractivity contribution in [2.24, 2.45) is 0 Å². The van der Waals surface area contributed by atoms with Crippen LogP contribution in [0.25, 0.3) is 10.9 Å². The van der Waals surface area contributed by atoms with E-state index in [-0.39, 0.29) is 12.8 Å². The zero-order chi connectivity index (χ0) is 19.7.